The number of hydrogen-bond donors (Lipinski definition) is 2. The summed E-state index contributed by atoms with van der Waals surface area (Å²) in [5, 5.41) is 0.265. The number of sulfonamides is 1. The van der Waals surface area contributed by atoms with E-state index in [0.717, 1.165) is 0 Å². The minimum absolute atomic E-state index is 0.0525. The van der Waals surface area contributed by atoms with Gasteiger partial charge in [-0.05, 0) is 38.0 Å². The Labute approximate surface area is 119 Å². The molecule has 0 saturated carbocycles. The number of nitrogens with one attached hydrogen (secondary N) is 1. The molecule has 108 valence electrons. The fraction of sp³-hybridized carbons (Fsp3) is 0.500. The molecular formula is C12H19ClN2O3S. The molecule has 1 rings (SSSR count). The van der Waals surface area contributed by atoms with Crippen LogP contribution >= 0.6 is 11.6 Å². The van der Waals surface area contributed by atoms with Gasteiger partial charge in [-0.2, -0.15) is 0 Å². The minimum Gasteiger partial charge on any atom is -0.495 e. The van der Waals surface area contributed by atoms with Crippen molar-refractivity contribution in [2.24, 2.45) is 5.73 Å². The van der Waals surface area contributed by atoms with E-state index in [0.29, 0.717) is 24.3 Å². The lowest BCUT2D eigenvalue weighted by Gasteiger charge is -2.12. The van der Waals surface area contributed by atoms with Crippen molar-refractivity contribution >= 4 is 21.6 Å². The first-order valence-electron chi connectivity index (χ1n) is 5.87. The van der Waals surface area contributed by atoms with Crippen LogP contribution < -0.4 is 15.2 Å². The van der Waals surface area contributed by atoms with Gasteiger partial charge in [-0.25, -0.2) is 13.1 Å². The fourth-order valence-corrected chi connectivity index (χ4v) is 3.18. The Morgan fingerprint density at radius 3 is 2.63 bits per heavy atom. The molecule has 0 fully saturated rings. The second-order valence-corrected chi connectivity index (χ2v) is 6.56. The summed E-state index contributed by atoms with van der Waals surface area (Å²) in [6, 6.07) is 2.94. The molecule has 0 radical (unpaired) electrons. The van der Waals surface area contributed by atoms with E-state index in [1.165, 1.54) is 13.2 Å². The highest BCUT2D eigenvalue weighted by Crippen LogP contribution is 2.29. The molecule has 1 unspecified atom stereocenters. The van der Waals surface area contributed by atoms with E-state index < -0.39 is 10.0 Å². The van der Waals surface area contributed by atoms with Crippen molar-refractivity contribution in [3.63, 3.8) is 0 Å². The molecule has 0 bridgehead atoms. The SMILES string of the molecule is COc1cc(C)c(S(=O)(=O)NCCC(C)N)cc1Cl. The van der Waals surface area contributed by atoms with Crippen molar-refractivity contribution in [2.45, 2.75) is 31.2 Å². The number of nitrogens with two attached hydrogens (primary N) is 1. The van der Waals surface area contributed by atoms with Crippen LogP contribution in [-0.4, -0.2) is 28.1 Å². The first-order chi connectivity index (χ1) is 8.77. The van der Waals surface area contributed by atoms with Crippen LogP contribution in [-0.2, 0) is 10.0 Å². The van der Waals surface area contributed by atoms with Crippen molar-refractivity contribution in [3.8, 4) is 5.75 Å². The van der Waals surface area contributed by atoms with Gasteiger partial charge in [-0.3, -0.25) is 0 Å². The van der Waals surface area contributed by atoms with Crippen LogP contribution in [0.3, 0.4) is 0 Å². The number of aryl methyl sites for hydroxylation is 1. The summed E-state index contributed by atoms with van der Waals surface area (Å²) < 4.78 is 31.8. The third-order valence-electron chi connectivity index (χ3n) is 2.63. The van der Waals surface area contributed by atoms with Gasteiger partial charge >= 0.3 is 0 Å². The maximum Gasteiger partial charge on any atom is 0.240 e. The fourth-order valence-electron chi connectivity index (χ4n) is 1.58. The van der Waals surface area contributed by atoms with Gasteiger partial charge in [-0.1, -0.05) is 11.6 Å². The van der Waals surface area contributed by atoms with Crippen LogP contribution in [0.2, 0.25) is 5.02 Å². The van der Waals surface area contributed by atoms with Gasteiger partial charge in [0.25, 0.3) is 0 Å². The molecule has 1 atom stereocenters. The standard InChI is InChI=1S/C12H19ClN2O3S/c1-8-6-11(18-3)10(13)7-12(8)19(16,17)15-5-4-9(2)14/h6-7,9,15H,4-5,14H2,1-3H3. The molecule has 0 amide bonds. The summed E-state index contributed by atoms with van der Waals surface area (Å²) in [5.41, 5.74) is 6.16. The summed E-state index contributed by atoms with van der Waals surface area (Å²) >= 11 is 5.95. The van der Waals surface area contributed by atoms with Gasteiger partial charge in [0.1, 0.15) is 5.75 Å². The smallest absolute Gasteiger partial charge is 0.240 e. The normalized spacial score (nSPS) is 13.3. The van der Waals surface area contributed by atoms with Gasteiger partial charge < -0.3 is 10.5 Å². The minimum atomic E-state index is -3.58. The van der Waals surface area contributed by atoms with E-state index in [-0.39, 0.29) is 16.0 Å². The van der Waals surface area contributed by atoms with Gasteiger partial charge in [0.15, 0.2) is 0 Å². The molecule has 0 aliphatic rings. The Morgan fingerprint density at radius 2 is 2.11 bits per heavy atom. The van der Waals surface area contributed by atoms with Gasteiger partial charge in [0, 0.05) is 12.6 Å². The molecule has 0 saturated heterocycles. The third-order valence-corrected chi connectivity index (χ3v) is 4.53. The molecule has 1 aromatic carbocycles. The average molecular weight is 307 g/mol. The van der Waals surface area contributed by atoms with E-state index in [4.69, 9.17) is 22.1 Å². The van der Waals surface area contributed by atoms with Crippen molar-refractivity contribution in [3.05, 3.63) is 22.7 Å². The van der Waals surface area contributed by atoms with Crippen LogP contribution in [0.4, 0.5) is 0 Å². The molecule has 0 aliphatic heterocycles. The molecule has 0 aliphatic carbocycles. The largest absolute Gasteiger partial charge is 0.495 e. The molecule has 7 heteroatoms. The lowest BCUT2D eigenvalue weighted by atomic mass is 10.2. The van der Waals surface area contributed by atoms with Crippen LogP contribution in [0.15, 0.2) is 17.0 Å². The van der Waals surface area contributed by atoms with E-state index in [1.807, 2.05) is 6.92 Å². The van der Waals surface area contributed by atoms with Crippen LogP contribution in [0.25, 0.3) is 0 Å². The second kappa shape index (κ2) is 6.56. The average Bonchev–Trinajstić information content (AvgIpc) is 2.30. The Hall–Kier alpha value is -0.820. The zero-order valence-corrected chi connectivity index (χ0v) is 12.8. The van der Waals surface area contributed by atoms with E-state index in [1.54, 1.807) is 13.0 Å². The first kappa shape index (κ1) is 16.2. The lowest BCUT2D eigenvalue weighted by Crippen LogP contribution is -2.29. The van der Waals surface area contributed by atoms with Crippen molar-refractivity contribution in [1.82, 2.24) is 4.72 Å². The maximum absolute atomic E-state index is 12.1. The molecule has 0 aromatic heterocycles. The Balaban J connectivity index is 2.98. The highest BCUT2D eigenvalue weighted by molar-refractivity contribution is 7.89. The quantitative estimate of drug-likeness (QED) is 0.837. The highest BCUT2D eigenvalue weighted by atomic mass is 35.5. The van der Waals surface area contributed by atoms with Gasteiger partial charge in [-0.15, -0.1) is 0 Å². The molecular weight excluding hydrogens is 288 g/mol. The van der Waals surface area contributed by atoms with Gasteiger partial charge in [0.2, 0.25) is 10.0 Å². The number of benzene rings is 1. The Bertz CT molecular complexity index is 544. The second-order valence-electron chi connectivity index (χ2n) is 4.42. The zero-order valence-electron chi connectivity index (χ0n) is 11.2. The molecule has 5 nitrogen and oxygen atoms in total. The summed E-state index contributed by atoms with van der Waals surface area (Å²) in [4.78, 5) is 0.156. The number of methoxy groups -OCH3 is 1. The molecule has 3 N–H and O–H groups in total. The summed E-state index contributed by atoms with van der Waals surface area (Å²) in [7, 11) is -2.10. The topological polar surface area (TPSA) is 81.4 Å². The molecule has 0 spiro atoms. The summed E-state index contributed by atoms with van der Waals surface area (Å²) in [6.07, 6.45) is 0.572. The van der Waals surface area contributed by atoms with Crippen LogP contribution in [0.5, 0.6) is 5.75 Å². The van der Waals surface area contributed by atoms with Crippen LogP contribution in [0.1, 0.15) is 18.9 Å². The predicted molar refractivity (Wildman–Crippen MR) is 76.2 cm³/mol. The predicted octanol–water partition coefficient (Wildman–Crippen LogP) is 1.67. The molecule has 1 aromatic rings. The molecule has 19 heavy (non-hydrogen) atoms. The molecule has 0 heterocycles. The van der Waals surface area contributed by atoms with Crippen molar-refractivity contribution in [2.75, 3.05) is 13.7 Å². The number of rotatable bonds is 6. The van der Waals surface area contributed by atoms with E-state index in [2.05, 4.69) is 4.72 Å². The number of halogens is 1. The maximum atomic E-state index is 12.1. The monoisotopic (exact) mass is 306 g/mol. The zero-order chi connectivity index (χ0) is 14.6. The Morgan fingerprint density at radius 1 is 1.47 bits per heavy atom. The highest BCUT2D eigenvalue weighted by Gasteiger charge is 2.19. The van der Waals surface area contributed by atoms with Crippen molar-refractivity contribution in [1.29, 1.82) is 0 Å². The number of hydrogen-bond acceptors (Lipinski definition) is 4. The lowest BCUT2D eigenvalue weighted by molar-refractivity contribution is 0.414. The third kappa shape index (κ3) is 4.35. The van der Waals surface area contributed by atoms with E-state index in [9.17, 15) is 8.42 Å². The van der Waals surface area contributed by atoms with E-state index >= 15 is 0 Å². The summed E-state index contributed by atoms with van der Waals surface area (Å²) in [5.74, 6) is 0.452. The van der Waals surface area contributed by atoms with Gasteiger partial charge in [0.05, 0.1) is 17.0 Å². The number of ether oxygens (including phenoxy) is 1. The van der Waals surface area contributed by atoms with Crippen molar-refractivity contribution < 1.29 is 13.2 Å². The Kier molecular flexibility index (Phi) is 5.61. The first-order valence-corrected chi connectivity index (χ1v) is 7.73. The van der Waals surface area contributed by atoms with Crippen LogP contribution in [0, 0.1) is 6.92 Å². The summed E-state index contributed by atoms with van der Waals surface area (Å²) in [6.45, 7) is 3.81.